The summed E-state index contributed by atoms with van der Waals surface area (Å²) in [5.41, 5.74) is 8.26. The second kappa shape index (κ2) is 9.27. The molecule has 0 fully saturated rings. The molecule has 11 heteroatoms. The van der Waals surface area contributed by atoms with Crippen LogP contribution in [0.1, 0.15) is 18.2 Å². The van der Waals surface area contributed by atoms with Gasteiger partial charge in [-0.3, -0.25) is 0 Å². The highest BCUT2D eigenvalue weighted by molar-refractivity contribution is 5.63. The number of aryl methyl sites for hydroxylation is 1. The summed E-state index contributed by atoms with van der Waals surface area (Å²) in [5, 5.41) is 12.2. The molecule has 4 aromatic rings. The van der Waals surface area contributed by atoms with Crippen molar-refractivity contribution in [3.63, 3.8) is 0 Å². The third kappa shape index (κ3) is 4.73. The number of nitrogens with zero attached hydrogens (tertiary/aromatic N) is 5. The maximum absolute atomic E-state index is 13.5. The van der Waals surface area contributed by atoms with E-state index >= 15 is 0 Å². The molecule has 0 atom stereocenters. The van der Waals surface area contributed by atoms with Crippen molar-refractivity contribution in [3.8, 4) is 22.6 Å². The molecule has 0 amide bonds. The zero-order chi connectivity index (χ0) is 23.3. The summed E-state index contributed by atoms with van der Waals surface area (Å²) >= 11 is 0. The largest absolute Gasteiger partial charge is 0.433 e. The van der Waals surface area contributed by atoms with Crippen LogP contribution in [0.2, 0.25) is 0 Å². The lowest BCUT2D eigenvalue weighted by atomic mass is 10.1. The quantitative estimate of drug-likeness (QED) is 0.483. The maximum atomic E-state index is 13.5. The molecule has 0 unspecified atom stereocenters. The number of hydrogen-bond acceptors (Lipinski definition) is 6. The van der Waals surface area contributed by atoms with Crippen molar-refractivity contribution in [2.45, 2.75) is 19.5 Å². The standard InChI is InChI=1S/C20H17F3N6.CO2/c1-2-13-11-25-29(19(13)20(21,22)23)17-8-6-16(7-9-17)28-12-18(26-27-28)14-4-3-5-15(24)10-14;2-1-3/h3-12H,2,24H2,1H3;. The first-order valence-electron chi connectivity index (χ1n) is 9.31. The van der Waals surface area contributed by atoms with E-state index in [2.05, 4.69) is 15.4 Å². The second-order valence-corrected chi connectivity index (χ2v) is 6.56. The van der Waals surface area contributed by atoms with Crippen LogP contribution in [-0.2, 0) is 22.2 Å². The number of hydrogen-bond donors (Lipinski definition) is 1. The van der Waals surface area contributed by atoms with Gasteiger partial charge in [0.1, 0.15) is 5.69 Å². The number of rotatable bonds is 4. The van der Waals surface area contributed by atoms with Crippen molar-refractivity contribution in [1.82, 2.24) is 24.8 Å². The van der Waals surface area contributed by atoms with Crippen LogP contribution in [-0.4, -0.2) is 30.9 Å². The molecule has 0 aliphatic carbocycles. The molecule has 8 nitrogen and oxygen atoms in total. The first kappa shape index (κ1) is 22.4. The van der Waals surface area contributed by atoms with Gasteiger partial charge in [-0.05, 0) is 42.8 Å². The minimum absolute atomic E-state index is 0.157. The van der Waals surface area contributed by atoms with Gasteiger partial charge >= 0.3 is 12.3 Å². The first-order valence-corrected chi connectivity index (χ1v) is 9.31. The van der Waals surface area contributed by atoms with Crippen molar-refractivity contribution < 1.29 is 22.8 Å². The third-order valence-corrected chi connectivity index (χ3v) is 4.53. The predicted molar refractivity (Wildman–Crippen MR) is 108 cm³/mol. The molecule has 0 bridgehead atoms. The molecular formula is C21H17F3N6O2. The Morgan fingerprint density at radius 1 is 1.06 bits per heavy atom. The van der Waals surface area contributed by atoms with Crippen molar-refractivity contribution in [3.05, 3.63) is 72.2 Å². The van der Waals surface area contributed by atoms with Crippen LogP contribution in [0, 0.1) is 0 Å². The average molecular weight is 442 g/mol. The Hall–Kier alpha value is -4.24. The number of alkyl halides is 3. The van der Waals surface area contributed by atoms with Crippen LogP contribution < -0.4 is 5.73 Å². The molecule has 0 saturated carbocycles. The minimum Gasteiger partial charge on any atom is -0.399 e. The fourth-order valence-electron chi connectivity index (χ4n) is 3.11. The molecule has 0 spiro atoms. The Morgan fingerprint density at radius 2 is 1.72 bits per heavy atom. The molecule has 2 heterocycles. The summed E-state index contributed by atoms with van der Waals surface area (Å²) in [4.78, 5) is 16.2. The van der Waals surface area contributed by atoms with Gasteiger partial charge in [0.25, 0.3) is 0 Å². The van der Waals surface area contributed by atoms with Gasteiger partial charge in [-0.15, -0.1) is 5.10 Å². The van der Waals surface area contributed by atoms with Gasteiger partial charge in [-0.1, -0.05) is 24.3 Å². The van der Waals surface area contributed by atoms with Crippen molar-refractivity contribution in [1.29, 1.82) is 0 Å². The van der Waals surface area contributed by atoms with Gasteiger partial charge in [-0.25, -0.2) is 9.36 Å². The number of aromatic nitrogens is 5. The zero-order valence-electron chi connectivity index (χ0n) is 16.7. The summed E-state index contributed by atoms with van der Waals surface area (Å²) in [6.45, 7) is 1.67. The Bertz CT molecular complexity index is 1240. The first-order chi connectivity index (χ1) is 15.3. The van der Waals surface area contributed by atoms with E-state index in [0.29, 0.717) is 22.8 Å². The van der Waals surface area contributed by atoms with Gasteiger partial charge in [0.2, 0.25) is 0 Å². The molecule has 2 aromatic carbocycles. The molecule has 4 rings (SSSR count). The number of carbonyl (C=O) groups excluding carboxylic acids is 2. The topological polar surface area (TPSA) is 109 Å². The highest BCUT2D eigenvalue weighted by Gasteiger charge is 2.38. The maximum Gasteiger partial charge on any atom is 0.433 e. The summed E-state index contributed by atoms with van der Waals surface area (Å²) in [6, 6.07) is 13.7. The molecular weight excluding hydrogens is 425 g/mol. The normalized spacial score (nSPS) is 10.9. The Kier molecular flexibility index (Phi) is 6.50. The van der Waals surface area contributed by atoms with Crippen LogP contribution in [0.4, 0.5) is 18.9 Å². The molecule has 2 N–H and O–H groups in total. The highest BCUT2D eigenvalue weighted by Crippen LogP contribution is 2.34. The van der Waals surface area contributed by atoms with Gasteiger partial charge in [0, 0.05) is 16.8 Å². The lowest BCUT2D eigenvalue weighted by Crippen LogP contribution is -2.15. The van der Waals surface area contributed by atoms with E-state index < -0.39 is 11.9 Å². The predicted octanol–water partition coefficient (Wildman–Crippen LogP) is 3.70. The van der Waals surface area contributed by atoms with E-state index in [9.17, 15) is 13.2 Å². The van der Waals surface area contributed by atoms with E-state index in [0.717, 1.165) is 10.2 Å². The number of nitrogens with two attached hydrogens (primary N) is 1. The van der Waals surface area contributed by atoms with E-state index in [1.165, 1.54) is 6.20 Å². The van der Waals surface area contributed by atoms with Gasteiger partial charge in [0.15, 0.2) is 5.69 Å². The van der Waals surface area contributed by atoms with E-state index in [1.54, 1.807) is 54.2 Å². The van der Waals surface area contributed by atoms with Crippen molar-refractivity contribution in [2.75, 3.05) is 5.73 Å². The summed E-state index contributed by atoms with van der Waals surface area (Å²) in [5.74, 6) is 0. The Morgan fingerprint density at radius 3 is 2.31 bits per heavy atom. The van der Waals surface area contributed by atoms with Crippen LogP contribution >= 0.6 is 0 Å². The Balaban J connectivity index is 0.000000913. The number of benzene rings is 2. The van der Waals surface area contributed by atoms with E-state index in [1.807, 2.05) is 12.1 Å². The smallest absolute Gasteiger partial charge is 0.399 e. The summed E-state index contributed by atoms with van der Waals surface area (Å²) in [6.07, 6.45) is -1.00. The van der Waals surface area contributed by atoms with Crippen LogP contribution in [0.5, 0.6) is 0 Å². The number of halogens is 3. The van der Waals surface area contributed by atoms with Gasteiger partial charge in [-0.2, -0.15) is 27.9 Å². The monoisotopic (exact) mass is 442 g/mol. The van der Waals surface area contributed by atoms with Crippen LogP contribution in [0.3, 0.4) is 0 Å². The fraction of sp³-hybridized carbons (Fsp3) is 0.143. The van der Waals surface area contributed by atoms with Gasteiger partial charge < -0.3 is 5.73 Å². The van der Waals surface area contributed by atoms with E-state index in [4.69, 9.17) is 15.3 Å². The molecule has 32 heavy (non-hydrogen) atoms. The molecule has 164 valence electrons. The molecule has 0 saturated heterocycles. The SMILES string of the molecule is CCc1cnn(-c2ccc(-n3cc(-c4cccc(N)c4)nn3)cc2)c1C(F)(F)F.O=C=O. The molecule has 2 aromatic heterocycles. The highest BCUT2D eigenvalue weighted by atomic mass is 19.4. The number of anilines is 1. The van der Waals surface area contributed by atoms with Crippen LogP contribution in [0.15, 0.2) is 60.9 Å². The Labute approximate surface area is 180 Å². The fourth-order valence-corrected chi connectivity index (χ4v) is 3.11. The zero-order valence-corrected chi connectivity index (χ0v) is 16.7. The molecule has 0 aliphatic heterocycles. The summed E-state index contributed by atoms with van der Waals surface area (Å²) in [7, 11) is 0. The third-order valence-electron chi connectivity index (χ3n) is 4.53. The average Bonchev–Trinajstić information content (AvgIpc) is 3.42. The summed E-state index contributed by atoms with van der Waals surface area (Å²) < 4.78 is 42.8. The minimum atomic E-state index is -4.49. The second-order valence-electron chi connectivity index (χ2n) is 6.56. The lowest BCUT2D eigenvalue weighted by molar-refractivity contribution is -0.191. The van der Waals surface area contributed by atoms with Gasteiger partial charge in [0.05, 0.1) is 23.8 Å². The van der Waals surface area contributed by atoms with Crippen molar-refractivity contribution in [2.24, 2.45) is 0 Å². The lowest BCUT2D eigenvalue weighted by Gasteiger charge is -2.12. The number of nitrogen functional groups attached to an aromatic ring is 1. The molecule has 0 aliphatic rings. The van der Waals surface area contributed by atoms with E-state index in [-0.39, 0.29) is 18.1 Å². The molecule has 0 radical (unpaired) electrons. The van der Waals surface area contributed by atoms with Crippen LogP contribution in [0.25, 0.3) is 22.6 Å². The van der Waals surface area contributed by atoms with Crippen molar-refractivity contribution >= 4 is 11.8 Å².